The summed E-state index contributed by atoms with van der Waals surface area (Å²) in [6, 6.07) is 14.6. The lowest BCUT2D eigenvalue weighted by molar-refractivity contribution is -0.147. The quantitative estimate of drug-likeness (QED) is 0.498. The third kappa shape index (κ3) is 4.65. The Bertz CT molecular complexity index is 911. The number of halogens is 2. The maximum absolute atomic E-state index is 11.9. The first-order chi connectivity index (χ1) is 12.5. The molecule has 0 unspecified atom stereocenters. The molecule has 0 fully saturated rings. The van der Waals surface area contributed by atoms with Crippen molar-refractivity contribution in [2.24, 2.45) is 0 Å². The number of rotatable bonds is 6. The first-order valence-electron chi connectivity index (χ1n) is 7.78. The Labute approximate surface area is 164 Å². The second-order valence-corrected chi connectivity index (χ2v) is 6.70. The van der Waals surface area contributed by atoms with Crippen LogP contribution in [-0.4, -0.2) is 17.6 Å². The zero-order chi connectivity index (χ0) is 18.5. The number of esters is 1. The Morgan fingerprint density at radius 2 is 2.00 bits per heavy atom. The van der Waals surface area contributed by atoms with Crippen LogP contribution in [0.2, 0.25) is 5.02 Å². The number of aromatic nitrogens is 1. The number of benzene rings is 2. The SMILES string of the molecule is Cc1oc(-c2ccccc2)nc1COC(=O)COc1ccc(Cl)cc1Br. The van der Waals surface area contributed by atoms with Crippen LogP contribution in [0.25, 0.3) is 11.5 Å². The van der Waals surface area contributed by atoms with Crippen molar-refractivity contribution in [2.75, 3.05) is 6.61 Å². The fraction of sp³-hybridized carbons (Fsp3) is 0.158. The second kappa shape index (κ2) is 8.38. The van der Waals surface area contributed by atoms with Gasteiger partial charge in [-0.3, -0.25) is 0 Å². The van der Waals surface area contributed by atoms with E-state index in [0.717, 1.165) is 5.56 Å². The number of ether oxygens (including phenoxy) is 2. The molecule has 1 heterocycles. The standard InChI is InChI=1S/C19H15BrClNO4/c1-12-16(22-19(26-12)13-5-3-2-4-6-13)10-25-18(23)11-24-17-8-7-14(21)9-15(17)20/h2-9H,10-11H2,1H3. The molecular formula is C19H15BrClNO4. The van der Waals surface area contributed by atoms with E-state index < -0.39 is 5.97 Å². The minimum Gasteiger partial charge on any atom is -0.481 e. The molecule has 0 amide bonds. The number of aryl methyl sites for hydroxylation is 1. The molecule has 0 saturated heterocycles. The van der Waals surface area contributed by atoms with E-state index in [1.54, 1.807) is 25.1 Å². The van der Waals surface area contributed by atoms with Gasteiger partial charge in [-0.1, -0.05) is 29.8 Å². The van der Waals surface area contributed by atoms with Gasteiger partial charge in [0.1, 0.15) is 23.8 Å². The molecule has 0 N–H and O–H groups in total. The maximum atomic E-state index is 11.9. The minimum atomic E-state index is -0.504. The highest BCUT2D eigenvalue weighted by Crippen LogP contribution is 2.28. The molecule has 26 heavy (non-hydrogen) atoms. The highest BCUT2D eigenvalue weighted by atomic mass is 79.9. The van der Waals surface area contributed by atoms with E-state index in [1.165, 1.54) is 0 Å². The average Bonchev–Trinajstić information content (AvgIpc) is 3.01. The third-order valence-corrected chi connectivity index (χ3v) is 4.38. The van der Waals surface area contributed by atoms with E-state index in [9.17, 15) is 4.79 Å². The predicted molar refractivity (Wildman–Crippen MR) is 101 cm³/mol. The molecule has 0 aliphatic rings. The van der Waals surface area contributed by atoms with Gasteiger partial charge in [-0.05, 0) is 53.2 Å². The smallest absolute Gasteiger partial charge is 0.344 e. The Morgan fingerprint density at radius 1 is 1.23 bits per heavy atom. The van der Waals surface area contributed by atoms with Crippen molar-refractivity contribution in [1.29, 1.82) is 0 Å². The van der Waals surface area contributed by atoms with Crippen molar-refractivity contribution in [3.05, 3.63) is 69.5 Å². The summed E-state index contributed by atoms with van der Waals surface area (Å²) in [6.45, 7) is 1.58. The number of oxazole rings is 1. The molecule has 0 bridgehead atoms. The van der Waals surface area contributed by atoms with E-state index >= 15 is 0 Å². The summed E-state index contributed by atoms with van der Waals surface area (Å²) in [7, 11) is 0. The topological polar surface area (TPSA) is 61.6 Å². The van der Waals surface area contributed by atoms with Gasteiger partial charge in [-0.25, -0.2) is 9.78 Å². The van der Waals surface area contributed by atoms with Crippen molar-refractivity contribution >= 4 is 33.5 Å². The van der Waals surface area contributed by atoms with Gasteiger partial charge >= 0.3 is 5.97 Å². The van der Waals surface area contributed by atoms with Crippen LogP contribution in [0.3, 0.4) is 0 Å². The second-order valence-electron chi connectivity index (χ2n) is 5.41. The van der Waals surface area contributed by atoms with Crippen LogP contribution in [-0.2, 0) is 16.1 Å². The number of nitrogens with zero attached hydrogens (tertiary/aromatic N) is 1. The lowest BCUT2D eigenvalue weighted by atomic mass is 10.2. The summed E-state index contributed by atoms with van der Waals surface area (Å²) >= 11 is 9.19. The number of hydrogen-bond acceptors (Lipinski definition) is 5. The molecule has 0 aliphatic carbocycles. The molecule has 7 heteroatoms. The lowest BCUT2D eigenvalue weighted by Crippen LogP contribution is -2.15. The van der Waals surface area contributed by atoms with Crippen molar-refractivity contribution in [2.45, 2.75) is 13.5 Å². The van der Waals surface area contributed by atoms with Crippen LogP contribution in [0, 0.1) is 6.92 Å². The Hall–Kier alpha value is -2.31. The van der Waals surface area contributed by atoms with E-state index in [-0.39, 0.29) is 13.2 Å². The lowest BCUT2D eigenvalue weighted by Gasteiger charge is -2.08. The van der Waals surface area contributed by atoms with E-state index in [0.29, 0.717) is 32.6 Å². The van der Waals surface area contributed by atoms with E-state index in [2.05, 4.69) is 20.9 Å². The Morgan fingerprint density at radius 3 is 2.73 bits per heavy atom. The minimum absolute atomic E-state index is 0.0200. The first kappa shape index (κ1) is 18.5. The molecule has 0 atom stereocenters. The summed E-state index contributed by atoms with van der Waals surface area (Å²) in [5, 5.41) is 0.572. The molecule has 1 aromatic heterocycles. The van der Waals surface area contributed by atoms with Crippen LogP contribution >= 0.6 is 27.5 Å². The van der Waals surface area contributed by atoms with Gasteiger partial charge in [0.2, 0.25) is 5.89 Å². The summed E-state index contributed by atoms with van der Waals surface area (Å²) in [5.41, 5.74) is 1.44. The Balaban J connectivity index is 1.55. The monoisotopic (exact) mass is 435 g/mol. The number of carbonyl (C=O) groups excluding carboxylic acids is 1. The van der Waals surface area contributed by atoms with Gasteiger partial charge < -0.3 is 13.9 Å². The molecule has 0 spiro atoms. The molecule has 2 aromatic carbocycles. The van der Waals surface area contributed by atoms with Crippen LogP contribution in [0.1, 0.15) is 11.5 Å². The van der Waals surface area contributed by atoms with Gasteiger partial charge in [0.15, 0.2) is 6.61 Å². The molecule has 0 aliphatic heterocycles. The van der Waals surface area contributed by atoms with Gasteiger partial charge in [0, 0.05) is 10.6 Å². The first-order valence-corrected chi connectivity index (χ1v) is 8.95. The number of hydrogen-bond donors (Lipinski definition) is 0. The molecule has 134 valence electrons. The number of carbonyl (C=O) groups is 1. The summed E-state index contributed by atoms with van der Waals surface area (Å²) in [4.78, 5) is 16.3. The normalized spacial score (nSPS) is 10.6. The van der Waals surface area contributed by atoms with E-state index in [1.807, 2.05) is 30.3 Å². The van der Waals surface area contributed by atoms with Crippen LogP contribution in [0.4, 0.5) is 0 Å². The highest BCUT2D eigenvalue weighted by molar-refractivity contribution is 9.10. The predicted octanol–water partition coefficient (Wildman–Crippen LogP) is 5.19. The highest BCUT2D eigenvalue weighted by Gasteiger charge is 2.14. The zero-order valence-electron chi connectivity index (χ0n) is 13.9. The molecule has 3 rings (SSSR count). The van der Waals surface area contributed by atoms with E-state index in [4.69, 9.17) is 25.5 Å². The molecule has 5 nitrogen and oxygen atoms in total. The molecule has 0 radical (unpaired) electrons. The molecule has 3 aromatic rings. The summed E-state index contributed by atoms with van der Waals surface area (Å²) in [6.07, 6.45) is 0. The van der Waals surface area contributed by atoms with Crippen molar-refractivity contribution in [3.63, 3.8) is 0 Å². The average molecular weight is 437 g/mol. The van der Waals surface area contributed by atoms with Crippen LogP contribution < -0.4 is 4.74 Å². The molecule has 0 saturated carbocycles. The fourth-order valence-corrected chi connectivity index (χ4v) is 2.98. The van der Waals surface area contributed by atoms with Gasteiger partial charge in [-0.2, -0.15) is 0 Å². The largest absolute Gasteiger partial charge is 0.481 e. The van der Waals surface area contributed by atoms with Crippen LogP contribution in [0.5, 0.6) is 5.75 Å². The van der Waals surface area contributed by atoms with Gasteiger partial charge in [0.25, 0.3) is 0 Å². The van der Waals surface area contributed by atoms with Crippen molar-refractivity contribution in [3.8, 4) is 17.2 Å². The summed E-state index contributed by atoms with van der Waals surface area (Å²) < 4.78 is 16.9. The third-order valence-electron chi connectivity index (χ3n) is 3.52. The fourth-order valence-electron chi connectivity index (χ4n) is 2.19. The van der Waals surface area contributed by atoms with Crippen LogP contribution in [0.15, 0.2) is 57.4 Å². The maximum Gasteiger partial charge on any atom is 0.344 e. The zero-order valence-corrected chi connectivity index (χ0v) is 16.2. The van der Waals surface area contributed by atoms with Crippen molar-refractivity contribution < 1.29 is 18.7 Å². The Kier molecular flexibility index (Phi) is 5.96. The van der Waals surface area contributed by atoms with Crippen molar-refractivity contribution in [1.82, 2.24) is 4.98 Å². The summed E-state index contributed by atoms with van der Waals surface area (Å²) in [5.74, 6) is 1.11. The van der Waals surface area contributed by atoms with Gasteiger partial charge in [-0.15, -0.1) is 0 Å². The van der Waals surface area contributed by atoms with Gasteiger partial charge in [0.05, 0.1) is 4.47 Å². The molecular weight excluding hydrogens is 422 g/mol.